The van der Waals surface area contributed by atoms with Gasteiger partial charge >= 0.3 is 6.03 Å². The number of thiazole rings is 1. The van der Waals surface area contributed by atoms with Crippen LogP contribution in [0.4, 0.5) is 4.79 Å². The number of primary amides is 1. The van der Waals surface area contributed by atoms with E-state index in [9.17, 15) is 19.2 Å². The minimum atomic E-state index is -0.927. The molecule has 5 amide bonds. The van der Waals surface area contributed by atoms with Crippen LogP contribution in [0.25, 0.3) is 10.2 Å². The molecular formula is C33H33N7O4S. The van der Waals surface area contributed by atoms with Crippen molar-refractivity contribution in [2.75, 3.05) is 19.6 Å². The number of aromatic nitrogens is 1. The Kier molecular flexibility index (Phi) is 8.58. The fourth-order valence-electron chi connectivity index (χ4n) is 6.05. The topological polar surface area (TPSA) is 132 Å². The summed E-state index contributed by atoms with van der Waals surface area (Å²) in [5.74, 6) is -1.11. The molecule has 6 rings (SSSR count). The molecule has 0 radical (unpaired) electrons. The number of hydrogen-bond acceptors (Lipinski definition) is 7. The number of hydrazine groups is 1. The number of nitrogens with zero attached hydrogens (tertiary/aromatic N) is 5. The van der Waals surface area contributed by atoms with Gasteiger partial charge in [0.15, 0.2) is 0 Å². The normalized spacial score (nSPS) is 18.6. The van der Waals surface area contributed by atoms with Gasteiger partial charge in [0.05, 0.1) is 28.8 Å². The zero-order valence-corrected chi connectivity index (χ0v) is 25.4. The van der Waals surface area contributed by atoms with E-state index in [1.165, 1.54) is 16.2 Å². The number of piperazine rings is 1. The van der Waals surface area contributed by atoms with Gasteiger partial charge in [-0.25, -0.2) is 19.8 Å². The van der Waals surface area contributed by atoms with Crippen LogP contribution in [0.1, 0.15) is 27.0 Å². The van der Waals surface area contributed by atoms with E-state index in [1.54, 1.807) is 50.8 Å². The second-order valence-corrected chi connectivity index (χ2v) is 11.9. The highest BCUT2D eigenvalue weighted by Crippen LogP contribution is 2.31. The summed E-state index contributed by atoms with van der Waals surface area (Å²) < 4.78 is 1.00. The minimum Gasteiger partial charge on any atom is -0.366 e. The van der Waals surface area contributed by atoms with Crippen LogP contribution in [0.15, 0.2) is 91.0 Å². The lowest BCUT2D eigenvalue weighted by molar-refractivity contribution is -0.189. The molecule has 2 saturated heterocycles. The highest BCUT2D eigenvalue weighted by molar-refractivity contribution is 7.16. The van der Waals surface area contributed by atoms with Gasteiger partial charge < -0.3 is 20.9 Å². The van der Waals surface area contributed by atoms with Crippen molar-refractivity contribution in [3.05, 3.63) is 113 Å². The van der Waals surface area contributed by atoms with Gasteiger partial charge in [0, 0.05) is 31.6 Å². The molecule has 0 unspecified atom stereocenters. The summed E-state index contributed by atoms with van der Waals surface area (Å²) in [6, 6.07) is 20.8. The SMILES string of the molecule is C=CCN1CC(=O)N2[C@@H](Cc3cccc(C(N)=O)c3)C(=O)N(Cc3cccc4scnc34)C[C@@H]2N1C(=O)NCc1ccccc1. The molecule has 2 aliphatic heterocycles. The Hall–Kier alpha value is -5.07. The van der Waals surface area contributed by atoms with Gasteiger partial charge in [-0.3, -0.25) is 14.4 Å². The van der Waals surface area contributed by atoms with Gasteiger partial charge in [-0.1, -0.05) is 60.7 Å². The van der Waals surface area contributed by atoms with Crippen molar-refractivity contribution in [1.82, 2.24) is 30.1 Å². The highest BCUT2D eigenvalue weighted by atomic mass is 32.1. The maximum Gasteiger partial charge on any atom is 0.334 e. The number of fused-ring (bicyclic) bond motifs is 2. The van der Waals surface area contributed by atoms with Crippen LogP contribution >= 0.6 is 11.3 Å². The predicted octanol–water partition coefficient (Wildman–Crippen LogP) is 3.13. The van der Waals surface area contributed by atoms with Crippen molar-refractivity contribution < 1.29 is 19.2 Å². The van der Waals surface area contributed by atoms with Crippen molar-refractivity contribution in [1.29, 1.82) is 0 Å². The first-order valence-electron chi connectivity index (χ1n) is 14.6. The first-order valence-corrected chi connectivity index (χ1v) is 15.5. The number of nitrogens with two attached hydrogens (primary N) is 1. The third-order valence-corrected chi connectivity index (χ3v) is 8.90. The Bertz CT molecular complexity index is 1760. The molecule has 4 aromatic rings. The smallest absolute Gasteiger partial charge is 0.334 e. The summed E-state index contributed by atoms with van der Waals surface area (Å²) in [7, 11) is 0. The molecule has 1 aromatic heterocycles. The van der Waals surface area contributed by atoms with Gasteiger partial charge in [-0.2, -0.15) is 0 Å². The van der Waals surface area contributed by atoms with E-state index in [0.29, 0.717) is 11.1 Å². The van der Waals surface area contributed by atoms with Gasteiger partial charge in [-0.05, 0) is 34.9 Å². The van der Waals surface area contributed by atoms with E-state index in [1.807, 2.05) is 48.5 Å². The molecule has 2 fully saturated rings. The molecule has 2 atom stereocenters. The molecule has 0 bridgehead atoms. The van der Waals surface area contributed by atoms with E-state index >= 15 is 0 Å². The van der Waals surface area contributed by atoms with Gasteiger partial charge in [0.2, 0.25) is 17.7 Å². The Balaban J connectivity index is 1.37. The van der Waals surface area contributed by atoms with E-state index in [4.69, 9.17) is 5.73 Å². The van der Waals surface area contributed by atoms with Crippen molar-refractivity contribution in [3.63, 3.8) is 0 Å². The maximum absolute atomic E-state index is 14.3. The summed E-state index contributed by atoms with van der Waals surface area (Å²) in [5, 5.41) is 6.20. The molecule has 230 valence electrons. The van der Waals surface area contributed by atoms with E-state index in [0.717, 1.165) is 21.3 Å². The van der Waals surface area contributed by atoms with E-state index in [2.05, 4.69) is 16.9 Å². The zero-order chi connectivity index (χ0) is 31.5. The largest absolute Gasteiger partial charge is 0.366 e. The molecule has 3 aromatic carbocycles. The molecule has 0 spiro atoms. The first kappa shape index (κ1) is 30.0. The van der Waals surface area contributed by atoms with Crippen LogP contribution in [0, 0.1) is 0 Å². The number of carbonyl (C=O) groups excluding carboxylic acids is 4. The van der Waals surface area contributed by atoms with Crippen LogP contribution in [-0.4, -0.2) is 80.4 Å². The quantitative estimate of drug-likeness (QED) is 0.276. The molecule has 3 heterocycles. The molecule has 3 N–H and O–H groups in total. The minimum absolute atomic E-state index is 0.0926. The Morgan fingerprint density at radius 1 is 1.04 bits per heavy atom. The van der Waals surface area contributed by atoms with Crippen LogP contribution < -0.4 is 11.1 Å². The third kappa shape index (κ3) is 6.15. The van der Waals surface area contributed by atoms with Gasteiger partial charge in [0.25, 0.3) is 0 Å². The number of carbonyl (C=O) groups is 4. The Morgan fingerprint density at radius 3 is 2.60 bits per heavy atom. The number of rotatable bonds is 9. The molecule has 0 aliphatic carbocycles. The van der Waals surface area contributed by atoms with E-state index in [-0.39, 0.29) is 51.0 Å². The number of hydrogen-bond donors (Lipinski definition) is 2. The fraction of sp³-hybridized carbons (Fsp3) is 0.242. The number of para-hydroxylation sites is 1. The fourth-order valence-corrected chi connectivity index (χ4v) is 6.78. The average Bonchev–Trinajstić information content (AvgIpc) is 3.53. The number of amides is 5. The summed E-state index contributed by atoms with van der Waals surface area (Å²) in [6.45, 7) is 4.62. The summed E-state index contributed by atoms with van der Waals surface area (Å²) in [4.78, 5) is 61.7. The van der Waals surface area contributed by atoms with Gasteiger partial charge in [-0.15, -0.1) is 17.9 Å². The molecular weight excluding hydrogens is 590 g/mol. The van der Waals surface area contributed by atoms with Crippen LogP contribution in [-0.2, 0) is 29.1 Å². The standard InChI is InChI=1S/C33H33N7O4S/c1-2-14-38-20-29(41)39-26(16-23-10-6-11-24(15-23)31(34)42)32(43)37(18-25-12-7-13-27-30(25)36-21-45-27)19-28(39)40(38)33(44)35-17-22-8-4-3-5-9-22/h2-13,15,21,26,28H,1,14,16-20H2,(H2,34,42)(H,35,44)/t26-,28-/m0/s1. The monoisotopic (exact) mass is 623 g/mol. The predicted molar refractivity (Wildman–Crippen MR) is 170 cm³/mol. The molecule has 45 heavy (non-hydrogen) atoms. The Labute approximate surface area is 264 Å². The summed E-state index contributed by atoms with van der Waals surface area (Å²) in [6.07, 6.45) is 0.987. The third-order valence-electron chi connectivity index (χ3n) is 8.11. The van der Waals surface area contributed by atoms with E-state index < -0.39 is 24.1 Å². The number of nitrogens with one attached hydrogen (secondary N) is 1. The number of urea groups is 1. The first-order chi connectivity index (χ1) is 21.8. The average molecular weight is 624 g/mol. The lowest BCUT2D eigenvalue weighted by Gasteiger charge is -2.55. The molecule has 0 saturated carbocycles. The zero-order valence-electron chi connectivity index (χ0n) is 24.5. The van der Waals surface area contributed by atoms with Crippen molar-refractivity contribution >= 4 is 45.3 Å². The Morgan fingerprint density at radius 2 is 1.82 bits per heavy atom. The van der Waals surface area contributed by atoms with Crippen LogP contribution in [0.3, 0.4) is 0 Å². The maximum atomic E-state index is 14.3. The second kappa shape index (κ2) is 12.9. The van der Waals surface area contributed by atoms with Crippen molar-refractivity contribution in [2.24, 2.45) is 5.73 Å². The second-order valence-electron chi connectivity index (χ2n) is 11.0. The lowest BCUT2D eigenvalue weighted by Crippen LogP contribution is -2.76. The van der Waals surface area contributed by atoms with Gasteiger partial charge in [0.1, 0.15) is 12.2 Å². The molecule has 12 heteroatoms. The van der Waals surface area contributed by atoms with Crippen molar-refractivity contribution in [2.45, 2.75) is 31.7 Å². The number of benzene rings is 3. The molecule has 2 aliphatic rings. The molecule has 11 nitrogen and oxygen atoms in total. The highest BCUT2D eigenvalue weighted by Gasteiger charge is 2.51. The van der Waals surface area contributed by atoms with Crippen LogP contribution in [0.5, 0.6) is 0 Å². The lowest BCUT2D eigenvalue weighted by atomic mass is 9.97. The van der Waals surface area contributed by atoms with Crippen LogP contribution in [0.2, 0.25) is 0 Å². The van der Waals surface area contributed by atoms with Crippen molar-refractivity contribution in [3.8, 4) is 0 Å². The summed E-state index contributed by atoms with van der Waals surface area (Å²) in [5.41, 5.74) is 10.9. The summed E-state index contributed by atoms with van der Waals surface area (Å²) >= 11 is 1.52.